The summed E-state index contributed by atoms with van der Waals surface area (Å²) in [5.74, 6) is 0.376. The molecule has 3 aromatic rings. The van der Waals surface area contributed by atoms with Crippen LogP contribution in [-0.4, -0.2) is 32.7 Å². The van der Waals surface area contributed by atoms with Gasteiger partial charge in [0, 0.05) is 30.9 Å². The number of benzene rings is 3. The zero-order valence-corrected chi connectivity index (χ0v) is 17.0. The number of carbonyl (C=O) groups excluding carboxylic acids is 1. The molecule has 150 valence electrons. The fourth-order valence-electron chi connectivity index (χ4n) is 2.69. The smallest absolute Gasteiger partial charge is 0.256 e. The first-order valence-corrected chi connectivity index (χ1v) is 10.4. The maximum Gasteiger partial charge on any atom is 0.256 e. The zero-order valence-electron chi connectivity index (χ0n) is 16.2. The molecule has 0 fully saturated rings. The molecular weight excluding hydrogens is 388 g/mol. The Morgan fingerprint density at radius 3 is 2.34 bits per heavy atom. The monoisotopic (exact) mass is 410 g/mol. The summed E-state index contributed by atoms with van der Waals surface area (Å²) in [5, 5.41) is 2.77. The van der Waals surface area contributed by atoms with Crippen LogP contribution in [0, 0.1) is 0 Å². The second-order valence-corrected chi connectivity index (χ2v) is 8.68. The van der Waals surface area contributed by atoms with E-state index >= 15 is 0 Å². The minimum Gasteiger partial charge on any atom is -0.489 e. The van der Waals surface area contributed by atoms with Gasteiger partial charge in [-0.15, -0.1) is 0 Å². The van der Waals surface area contributed by atoms with Gasteiger partial charge in [0.2, 0.25) is 10.0 Å². The highest BCUT2D eigenvalue weighted by molar-refractivity contribution is 7.89. The number of rotatable bonds is 7. The van der Waals surface area contributed by atoms with E-state index in [0.29, 0.717) is 17.0 Å². The predicted molar refractivity (Wildman–Crippen MR) is 112 cm³/mol. The number of amides is 1. The average Bonchev–Trinajstić information content (AvgIpc) is 2.73. The molecule has 0 bridgehead atoms. The number of nitrogens with zero attached hydrogens (tertiary/aromatic N) is 1. The van der Waals surface area contributed by atoms with Crippen molar-refractivity contribution in [1.29, 1.82) is 0 Å². The van der Waals surface area contributed by atoms with E-state index in [4.69, 9.17) is 4.74 Å². The van der Waals surface area contributed by atoms with E-state index in [-0.39, 0.29) is 17.4 Å². The van der Waals surface area contributed by atoms with Gasteiger partial charge in [0.25, 0.3) is 5.91 Å². The Bertz CT molecular complexity index is 1100. The van der Waals surface area contributed by atoms with Crippen LogP contribution in [-0.2, 0) is 16.6 Å². The van der Waals surface area contributed by atoms with Crippen LogP contribution in [0.25, 0.3) is 0 Å². The van der Waals surface area contributed by atoms with E-state index in [2.05, 4.69) is 5.32 Å². The highest BCUT2D eigenvalue weighted by Crippen LogP contribution is 2.20. The van der Waals surface area contributed by atoms with Gasteiger partial charge < -0.3 is 10.1 Å². The van der Waals surface area contributed by atoms with Crippen LogP contribution in [0.1, 0.15) is 15.9 Å². The third-order valence-corrected chi connectivity index (χ3v) is 6.08. The topological polar surface area (TPSA) is 75.7 Å². The van der Waals surface area contributed by atoms with E-state index in [1.165, 1.54) is 26.2 Å². The predicted octanol–water partition coefficient (Wildman–Crippen LogP) is 3.77. The maximum absolute atomic E-state index is 12.8. The Kier molecular flexibility index (Phi) is 6.31. The Morgan fingerprint density at radius 2 is 1.62 bits per heavy atom. The van der Waals surface area contributed by atoms with Crippen molar-refractivity contribution in [3.63, 3.8) is 0 Å². The van der Waals surface area contributed by atoms with Crippen molar-refractivity contribution in [2.45, 2.75) is 11.5 Å². The molecule has 0 aromatic heterocycles. The zero-order chi connectivity index (χ0) is 20.9. The molecule has 0 spiro atoms. The van der Waals surface area contributed by atoms with Crippen molar-refractivity contribution in [2.24, 2.45) is 0 Å². The molecule has 0 saturated heterocycles. The van der Waals surface area contributed by atoms with Gasteiger partial charge in [0.05, 0.1) is 4.90 Å². The van der Waals surface area contributed by atoms with Gasteiger partial charge in [-0.2, -0.15) is 0 Å². The highest BCUT2D eigenvalue weighted by Gasteiger charge is 2.18. The number of nitrogens with one attached hydrogen (secondary N) is 1. The lowest BCUT2D eigenvalue weighted by Crippen LogP contribution is -2.22. The molecule has 0 heterocycles. The number of carbonyl (C=O) groups is 1. The van der Waals surface area contributed by atoms with Crippen LogP contribution in [0.15, 0.2) is 83.8 Å². The Morgan fingerprint density at radius 1 is 0.931 bits per heavy atom. The molecule has 3 aromatic carbocycles. The second kappa shape index (κ2) is 8.89. The van der Waals surface area contributed by atoms with Crippen LogP contribution in [0.4, 0.5) is 5.69 Å². The van der Waals surface area contributed by atoms with Crippen LogP contribution in [0.3, 0.4) is 0 Å². The van der Waals surface area contributed by atoms with Gasteiger partial charge in [-0.25, -0.2) is 12.7 Å². The summed E-state index contributed by atoms with van der Waals surface area (Å²) < 4.78 is 31.5. The van der Waals surface area contributed by atoms with Gasteiger partial charge >= 0.3 is 0 Å². The number of sulfonamides is 1. The number of ether oxygens (including phenoxy) is 1. The van der Waals surface area contributed by atoms with E-state index in [1.807, 2.05) is 42.5 Å². The molecule has 6 nitrogen and oxygen atoms in total. The third-order valence-electron chi connectivity index (χ3n) is 4.27. The summed E-state index contributed by atoms with van der Waals surface area (Å²) in [6, 6.07) is 22.7. The fourth-order valence-corrected chi connectivity index (χ4v) is 3.64. The Labute approximate surface area is 170 Å². The number of hydrogen-bond acceptors (Lipinski definition) is 4. The molecular formula is C22H22N2O4S. The van der Waals surface area contributed by atoms with Gasteiger partial charge in [0.15, 0.2) is 0 Å². The first kappa shape index (κ1) is 20.6. The molecule has 0 aliphatic heterocycles. The molecule has 0 saturated carbocycles. The number of hydrogen-bond donors (Lipinski definition) is 1. The summed E-state index contributed by atoms with van der Waals surface area (Å²) in [5.41, 5.74) is 1.59. The van der Waals surface area contributed by atoms with E-state index in [0.717, 1.165) is 9.87 Å². The molecule has 1 N–H and O–H groups in total. The average molecular weight is 410 g/mol. The van der Waals surface area contributed by atoms with Crippen LogP contribution >= 0.6 is 0 Å². The molecule has 0 atom stereocenters. The van der Waals surface area contributed by atoms with Gasteiger partial charge in [-0.05, 0) is 36.4 Å². The van der Waals surface area contributed by atoms with Gasteiger partial charge in [-0.1, -0.05) is 42.5 Å². The molecule has 29 heavy (non-hydrogen) atoms. The summed E-state index contributed by atoms with van der Waals surface area (Å²) in [6.07, 6.45) is 0. The van der Waals surface area contributed by atoms with Crippen molar-refractivity contribution in [2.75, 3.05) is 19.4 Å². The van der Waals surface area contributed by atoms with Gasteiger partial charge in [0.1, 0.15) is 12.4 Å². The van der Waals surface area contributed by atoms with Crippen LogP contribution in [0.5, 0.6) is 5.75 Å². The maximum atomic E-state index is 12.8. The van der Waals surface area contributed by atoms with Crippen molar-refractivity contribution >= 4 is 21.6 Å². The third kappa shape index (κ3) is 5.01. The number of para-hydroxylation sites is 1. The van der Waals surface area contributed by atoms with E-state index in [9.17, 15) is 13.2 Å². The van der Waals surface area contributed by atoms with Crippen molar-refractivity contribution in [3.05, 3.63) is 90.0 Å². The van der Waals surface area contributed by atoms with E-state index < -0.39 is 10.0 Å². The molecule has 0 aliphatic carbocycles. The molecule has 7 heteroatoms. The number of anilines is 1. The lowest BCUT2D eigenvalue weighted by molar-refractivity contribution is 0.102. The summed E-state index contributed by atoms with van der Waals surface area (Å²) in [6.45, 7) is 0.239. The van der Waals surface area contributed by atoms with Gasteiger partial charge in [-0.3, -0.25) is 4.79 Å². The standard InChI is InChI=1S/C22H22N2O4S/c1-24(2)29(26,27)20-13-8-10-18(15-20)23-22(25)21-14-7-6-9-17(21)16-28-19-11-4-3-5-12-19/h3-15H,16H2,1-2H3,(H,23,25). The molecule has 1 amide bonds. The first-order valence-electron chi connectivity index (χ1n) is 8.97. The Hall–Kier alpha value is -3.16. The van der Waals surface area contributed by atoms with Crippen molar-refractivity contribution in [1.82, 2.24) is 4.31 Å². The minimum atomic E-state index is -3.59. The largest absolute Gasteiger partial charge is 0.489 e. The SMILES string of the molecule is CN(C)S(=O)(=O)c1cccc(NC(=O)c2ccccc2COc2ccccc2)c1. The Balaban J connectivity index is 1.78. The molecule has 0 aliphatic rings. The summed E-state index contributed by atoms with van der Waals surface area (Å²) in [7, 11) is -0.661. The lowest BCUT2D eigenvalue weighted by atomic mass is 10.1. The van der Waals surface area contributed by atoms with Crippen LogP contribution < -0.4 is 10.1 Å². The highest BCUT2D eigenvalue weighted by atomic mass is 32.2. The second-order valence-electron chi connectivity index (χ2n) is 6.53. The molecule has 0 radical (unpaired) electrons. The van der Waals surface area contributed by atoms with Crippen molar-refractivity contribution in [3.8, 4) is 5.75 Å². The first-order chi connectivity index (χ1) is 13.9. The van der Waals surface area contributed by atoms with E-state index in [1.54, 1.807) is 24.3 Å². The fraction of sp³-hybridized carbons (Fsp3) is 0.136. The van der Waals surface area contributed by atoms with Crippen molar-refractivity contribution < 1.29 is 17.9 Å². The summed E-state index contributed by atoms with van der Waals surface area (Å²) in [4.78, 5) is 12.9. The summed E-state index contributed by atoms with van der Waals surface area (Å²) >= 11 is 0. The minimum absolute atomic E-state index is 0.112. The lowest BCUT2D eigenvalue weighted by Gasteiger charge is -2.14. The normalized spacial score (nSPS) is 11.3. The quantitative estimate of drug-likeness (QED) is 0.643. The molecule has 0 unspecified atom stereocenters. The molecule has 3 rings (SSSR count). The van der Waals surface area contributed by atoms with Crippen LogP contribution in [0.2, 0.25) is 0 Å².